The fourth-order valence-corrected chi connectivity index (χ4v) is 2.87. The second-order valence-electron chi connectivity index (χ2n) is 5.84. The van der Waals surface area contributed by atoms with Crippen molar-refractivity contribution in [1.29, 1.82) is 0 Å². The Morgan fingerprint density at radius 1 is 1.43 bits per heavy atom. The Morgan fingerprint density at radius 2 is 2.26 bits per heavy atom. The van der Waals surface area contributed by atoms with Gasteiger partial charge in [-0.2, -0.15) is 0 Å². The van der Waals surface area contributed by atoms with Crippen molar-refractivity contribution in [3.8, 4) is 0 Å². The van der Waals surface area contributed by atoms with Crippen LogP contribution in [0.4, 0.5) is 0 Å². The van der Waals surface area contributed by atoms with Gasteiger partial charge in [0, 0.05) is 13.0 Å². The molecule has 0 bridgehead atoms. The summed E-state index contributed by atoms with van der Waals surface area (Å²) in [7, 11) is 0. The number of tetrazole rings is 1. The van der Waals surface area contributed by atoms with E-state index in [1.54, 1.807) is 0 Å². The molecule has 3 rings (SSSR count). The normalized spacial score (nSPS) is 20.1. The van der Waals surface area contributed by atoms with Gasteiger partial charge in [-0.1, -0.05) is 30.3 Å². The zero-order valence-corrected chi connectivity index (χ0v) is 13.1. The van der Waals surface area contributed by atoms with Crippen LogP contribution in [0.15, 0.2) is 36.7 Å². The highest BCUT2D eigenvalue weighted by molar-refractivity contribution is 5.80. The van der Waals surface area contributed by atoms with Gasteiger partial charge in [-0.25, -0.2) is 4.68 Å². The molecule has 0 aliphatic carbocycles. The third-order valence-electron chi connectivity index (χ3n) is 4.15. The average molecular weight is 315 g/mol. The zero-order chi connectivity index (χ0) is 16.1. The van der Waals surface area contributed by atoms with E-state index in [-0.39, 0.29) is 18.1 Å². The number of carbonyl (C=O) groups is 1. The summed E-state index contributed by atoms with van der Waals surface area (Å²) in [6.07, 6.45) is 4.13. The maximum absolute atomic E-state index is 12.7. The highest BCUT2D eigenvalue weighted by Gasteiger charge is 2.28. The number of nitrogens with zero attached hydrogens (tertiary/aromatic N) is 4. The average Bonchev–Trinajstić information content (AvgIpc) is 3.26. The molecule has 1 amide bonds. The standard InChI is InChI=1S/C16H21N5O2/c1-12(15-8-5-9-23-15)18-16(22)14(21-11-17-19-20-21)10-13-6-3-2-4-7-13/h2-4,6-7,11-12,14-15H,5,8-10H2,1H3,(H,18,22)/t12-,14+,15+/m0/s1. The van der Waals surface area contributed by atoms with E-state index in [1.165, 1.54) is 11.0 Å². The van der Waals surface area contributed by atoms with E-state index in [0.29, 0.717) is 6.42 Å². The van der Waals surface area contributed by atoms with Gasteiger partial charge in [0.15, 0.2) is 0 Å². The number of benzene rings is 1. The molecule has 7 heteroatoms. The fraction of sp³-hybridized carbons (Fsp3) is 0.500. The first-order valence-electron chi connectivity index (χ1n) is 7.92. The highest BCUT2D eigenvalue weighted by atomic mass is 16.5. The minimum atomic E-state index is -0.476. The van der Waals surface area contributed by atoms with Crippen LogP contribution < -0.4 is 5.32 Å². The molecule has 2 heterocycles. The summed E-state index contributed by atoms with van der Waals surface area (Å²) in [4.78, 5) is 12.7. The van der Waals surface area contributed by atoms with E-state index < -0.39 is 6.04 Å². The molecule has 3 atom stereocenters. The maximum Gasteiger partial charge on any atom is 0.245 e. The van der Waals surface area contributed by atoms with Gasteiger partial charge in [0.25, 0.3) is 0 Å². The second-order valence-corrected chi connectivity index (χ2v) is 5.84. The molecule has 1 fully saturated rings. The fourth-order valence-electron chi connectivity index (χ4n) is 2.87. The monoisotopic (exact) mass is 315 g/mol. The van der Waals surface area contributed by atoms with Crippen molar-refractivity contribution in [2.75, 3.05) is 6.61 Å². The topological polar surface area (TPSA) is 81.9 Å². The van der Waals surface area contributed by atoms with E-state index in [2.05, 4.69) is 20.8 Å². The van der Waals surface area contributed by atoms with Crippen molar-refractivity contribution in [3.05, 3.63) is 42.2 Å². The van der Waals surface area contributed by atoms with E-state index in [0.717, 1.165) is 25.0 Å². The second kappa shape index (κ2) is 7.32. The summed E-state index contributed by atoms with van der Waals surface area (Å²) >= 11 is 0. The van der Waals surface area contributed by atoms with Crippen molar-refractivity contribution in [2.24, 2.45) is 0 Å². The summed E-state index contributed by atoms with van der Waals surface area (Å²) in [5, 5.41) is 14.3. The van der Waals surface area contributed by atoms with Crippen LogP contribution in [0.2, 0.25) is 0 Å². The molecule has 1 aliphatic heterocycles. The minimum absolute atomic E-state index is 0.0280. The number of hydrogen-bond donors (Lipinski definition) is 1. The van der Waals surface area contributed by atoms with Gasteiger partial charge in [-0.15, -0.1) is 5.10 Å². The molecule has 7 nitrogen and oxygen atoms in total. The van der Waals surface area contributed by atoms with Gasteiger partial charge in [0.05, 0.1) is 12.1 Å². The van der Waals surface area contributed by atoms with E-state index in [9.17, 15) is 4.79 Å². The third kappa shape index (κ3) is 3.92. The summed E-state index contributed by atoms with van der Waals surface area (Å²) in [5.41, 5.74) is 1.06. The Balaban J connectivity index is 1.71. The number of carbonyl (C=O) groups excluding carboxylic acids is 1. The number of rotatable bonds is 6. The molecular formula is C16H21N5O2. The maximum atomic E-state index is 12.7. The van der Waals surface area contributed by atoms with E-state index >= 15 is 0 Å². The molecule has 1 aromatic carbocycles. The Bertz CT molecular complexity index is 611. The highest BCUT2D eigenvalue weighted by Crippen LogP contribution is 2.18. The number of nitrogens with one attached hydrogen (secondary N) is 1. The molecule has 0 saturated carbocycles. The van der Waals surface area contributed by atoms with Crippen molar-refractivity contribution >= 4 is 5.91 Å². The molecule has 1 aliphatic rings. The summed E-state index contributed by atoms with van der Waals surface area (Å²) in [6.45, 7) is 2.75. The Hall–Kier alpha value is -2.28. The smallest absolute Gasteiger partial charge is 0.245 e. The Kier molecular flexibility index (Phi) is 4.97. The number of ether oxygens (including phenoxy) is 1. The minimum Gasteiger partial charge on any atom is -0.376 e. The van der Waals surface area contributed by atoms with Crippen LogP contribution in [0, 0.1) is 0 Å². The summed E-state index contributed by atoms with van der Waals surface area (Å²) < 4.78 is 7.15. The molecule has 23 heavy (non-hydrogen) atoms. The molecule has 2 aromatic rings. The van der Waals surface area contributed by atoms with Crippen molar-refractivity contribution < 1.29 is 9.53 Å². The van der Waals surface area contributed by atoms with Crippen LogP contribution in [0.5, 0.6) is 0 Å². The van der Waals surface area contributed by atoms with Gasteiger partial charge in [-0.05, 0) is 35.8 Å². The Morgan fingerprint density at radius 3 is 2.91 bits per heavy atom. The van der Waals surface area contributed by atoms with Crippen molar-refractivity contribution in [3.63, 3.8) is 0 Å². The molecule has 0 radical (unpaired) electrons. The van der Waals surface area contributed by atoms with E-state index in [1.807, 2.05) is 37.3 Å². The van der Waals surface area contributed by atoms with E-state index in [4.69, 9.17) is 4.74 Å². The Labute approximate surface area is 135 Å². The first-order chi connectivity index (χ1) is 11.2. The van der Waals surface area contributed by atoms with Gasteiger partial charge in [0.2, 0.25) is 5.91 Å². The number of aromatic nitrogens is 4. The van der Waals surface area contributed by atoms with Crippen LogP contribution in [0.25, 0.3) is 0 Å². The lowest BCUT2D eigenvalue weighted by atomic mass is 10.0. The van der Waals surface area contributed by atoms with Crippen LogP contribution in [0.1, 0.15) is 31.4 Å². The number of amides is 1. The number of hydrogen-bond acceptors (Lipinski definition) is 5. The van der Waals surface area contributed by atoms with Gasteiger partial charge < -0.3 is 10.1 Å². The van der Waals surface area contributed by atoms with Crippen LogP contribution in [0.3, 0.4) is 0 Å². The molecule has 122 valence electrons. The zero-order valence-electron chi connectivity index (χ0n) is 13.1. The van der Waals surface area contributed by atoms with Gasteiger partial charge in [-0.3, -0.25) is 4.79 Å². The largest absolute Gasteiger partial charge is 0.376 e. The quantitative estimate of drug-likeness (QED) is 0.864. The SMILES string of the molecule is C[C@H](NC(=O)[C@@H](Cc1ccccc1)n1cnnn1)[C@H]1CCCO1. The molecule has 1 N–H and O–H groups in total. The molecule has 1 saturated heterocycles. The lowest BCUT2D eigenvalue weighted by Gasteiger charge is -2.23. The van der Waals surface area contributed by atoms with Crippen LogP contribution in [-0.2, 0) is 16.0 Å². The predicted molar refractivity (Wildman–Crippen MR) is 83.6 cm³/mol. The molecule has 0 spiro atoms. The van der Waals surface area contributed by atoms with Crippen molar-refractivity contribution in [1.82, 2.24) is 25.5 Å². The van der Waals surface area contributed by atoms with Crippen molar-refractivity contribution in [2.45, 2.75) is 44.4 Å². The lowest BCUT2D eigenvalue weighted by Crippen LogP contribution is -2.44. The van der Waals surface area contributed by atoms with Crippen LogP contribution in [-0.4, -0.2) is 44.9 Å². The lowest BCUT2D eigenvalue weighted by molar-refractivity contribution is -0.126. The first kappa shape index (κ1) is 15.6. The molecule has 0 unspecified atom stereocenters. The summed E-state index contributed by atoms with van der Waals surface area (Å²) in [5.74, 6) is -0.0934. The predicted octanol–water partition coefficient (Wildman–Crippen LogP) is 1.14. The molecule has 1 aromatic heterocycles. The first-order valence-corrected chi connectivity index (χ1v) is 7.92. The van der Waals surface area contributed by atoms with Gasteiger partial charge in [0.1, 0.15) is 12.4 Å². The molecular weight excluding hydrogens is 294 g/mol. The van der Waals surface area contributed by atoms with Crippen LogP contribution >= 0.6 is 0 Å². The van der Waals surface area contributed by atoms with Gasteiger partial charge >= 0.3 is 0 Å². The summed E-state index contributed by atoms with van der Waals surface area (Å²) in [6, 6.07) is 9.35. The third-order valence-corrected chi connectivity index (χ3v) is 4.15.